The van der Waals surface area contributed by atoms with Gasteiger partial charge in [-0.25, -0.2) is 0 Å². The summed E-state index contributed by atoms with van der Waals surface area (Å²) in [7, 11) is 0. The number of Topliss-reactive ketones (excluding diaryl/α,β-unsaturated/α-hetero) is 1. The number of ketones is 1. The number of hydrogen-bond acceptors (Lipinski definition) is 3. The fraction of sp³-hybridized carbons (Fsp3) is 0.364. The van der Waals surface area contributed by atoms with Gasteiger partial charge in [-0.15, -0.1) is 0 Å². The summed E-state index contributed by atoms with van der Waals surface area (Å²) in [6.45, 7) is 0.650. The van der Waals surface area contributed by atoms with E-state index in [4.69, 9.17) is 22.1 Å². The molecule has 1 heterocycles. The Bertz CT molecular complexity index is 386. The zero-order valence-corrected chi connectivity index (χ0v) is 8.96. The van der Waals surface area contributed by atoms with Crippen molar-refractivity contribution < 1.29 is 9.53 Å². The number of carbonyl (C=O) groups excluding carboxylic acids is 1. The van der Waals surface area contributed by atoms with Gasteiger partial charge in [0.2, 0.25) is 0 Å². The van der Waals surface area contributed by atoms with Gasteiger partial charge in [0.1, 0.15) is 6.10 Å². The molecule has 0 aromatic heterocycles. The average molecular weight is 226 g/mol. The fourth-order valence-electron chi connectivity index (χ4n) is 1.71. The van der Waals surface area contributed by atoms with Crippen LogP contribution in [0.2, 0.25) is 5.02 Å². The molecule has 0 aliphatic carbocycles. The lowest BCUT2D eigenvalue weighted by Gasteiger charge is -2.10. The highest BCUT2D eigenvalue weighted by molar-refractivity contribution is 6.34. The molecule has 1 saturated heterocycles. The van der Waals surface area contributed by atoms with E-state index in [1.807, 2.05) is 0 Å². The minimum absolute atomic E-state index is 0.0625. The van der Waals surface area contributed by atoms with E-state index < -0.39 is 0 Å². The van der Waals surface area contributed by atoms with Crippen molar-refractivity contribution in [1.29, 1.82) is 0 Å². The summed E-state index contributed by atoms with van der Waals surface area (Å²) in [5.41, 5.74) is 6.56. The Morgan fingerprint density at radius 1 is 1.53 bits per heavy atom. The number of ether oxygens (including phenoxy) is 1. The van der Waals surface area contributed by atoms with Gasteiger partial charge in [-0.2, -0.15) is 0 Å². The van der Waals surface area contributed by atoms with Gasteiger partial charge >= 0.3 is 0 Å². The molecule has 2 N–H and O–H groups in total. The summed E-state index contributed by atoms with van der Waals surface area (Å²) in [6.07, 6.45) is 1.35. The van der Waals surface area contributed by atoms with Crippen LogP contribution in [-0.2, 0) is 4.74 Å². The number of halogens is 1. The van der Waals surface area contributed by atoms with Gasteiger partial charge in [0.05, 0.1) is 10.7 Å². The van der Waals surface area contributed by atoms with Crippen molar-refractivity contribution in [2.75, 3.05) is 12.3 Å². The number of nitrogens with two attached hydrogens (primary N) is 1. The molecule has 15 heavy (non-hydrogen) atoms. The van der Waals surface area contributed by atoms with Crippen LogP contribution in [0.5, 0.6) is 0 Å². The van der Waals surface area contributed by atoms with Crippen LogP contribution in [0.1, 0.15) is 23.2 Å². The SMILES string of the molecule is Nc1c(Cl)cccc1C(=O)C1CCCO1. The fourth-order valence-corrected chi connectivity index (χ4v) is 1.88. The first kappa shape index (κ1) is 10.5. The predicted molar refractivity (Wildman–Crippen MR) is 59.2 cm³/mol. The molecule has 1 aromatic carbocycles. The molecule has 0 spiro atoms. The van der Waals surface area contributed by atoms with E-state index in [2.05, 4.69) is 0 Å². The highest BCUT2D eigenvalue weighted by Crippen LogP contribution is 2.26. The van der Waals surface area contributed by atoms with E-state index in [1.165, 1.54) is 0 Å². The maximum Gasteiger partial charge on any atom is 0.193 e. The van der Waals surface area contributed by atoms with Crippen LogP contribution in [-0.4, -0.2) is 18.5 Å². The van der Waals surface area contributed by atoms with E-state index in [1.54, 1.807) is 18.2 Å². The first-order valence-corrected chi connectivity index (χ1v) is 5.28. The van der Waals surface area contributed by atoms with E-state index in [9.17, 15) is 4.79 Å². The van der Waals surface area contributed by atoms with Crippen molar-refractivity contribution >= 4 is 23.1 Å². The number of para-hydroxylation sites is 1. The minimum Gasteiger partial charge on any atom is -0.397 e. The van der Waals surface area contributed by atoms with Gasteiger partial charge in [-0.1, -0.05) is 17.7 Å². The van der Waals surface area contributed by atoms with Crippen molar-refractivity contribution in [2.24, 2.45) is 0 Å². The molecule has 1 fully saturated rings. The summed E-state index contributed by atoms with van der Waals surface area (Å²) in [6, 6.07) is 5.08. The molecule has 1 aliphatic heterocycles. The Hall–Kier alpha value is -1.06. The number of carbonyl (C=O) groups is 1. The summed E-state index contributed by atoms with van der Waals surface area (Å²) in [5, 5.41) is 0.416. The number of benzene rings is 1. The van der Waals surface area contributed by atoms with E-state index in [0.717, 1.165) is 12.8 Å². The van der Waals surface area contributed by atoms with Gasteiger partial charge in [0.25, 0.3) is 0 Å². The first-order chi connectivity index (χ1) is 7.20. The molecule has 1 aromatic rings. The van der Waals surface area contributed by atoms with Crippen molar-refractivity contribution in [3.8, 4) is 0 Å². The number of anilines is 1. The Kier molecular flexibility index (Phi) is 2.93. The van der Waals surface area contributed by atoms with Crippen LogP contribution in [0.3, 0.4) is 0 Å². The van der Waals surface area contributed by atoms with Crippen LogP contribution in [0.4, 0.5) is 5.69 Å². The molecule has 4 heteroatoms. The van der Waals surface area contributed by atoms with E-state index >= 15 is 0 Å². The lowest BCUT2D eigenvalue weighted by atomic mass is 10.0. The Morgan fingerprint density at radius 3 is 3.00 bits per heavy atom. The molecule has 0 radical (unpaired) electrons. The third-order valence-electron chi connectivity index (χ3n) is 2.54. The van der Waals surface area contributed by atoms with Crippen LogP contribution in [0.15, 0.2) is 18.2 Å². The molecule has 0 amide bonds. The molecule has 1 atom stereocenters. The quantitative estimate of drug-likeness (QED) is 0.621. The molecule has 3 nitrogen and oxygen atoms in total. The smallest absolute Gasteiger partial charge is 0.193 e. The molecule has 2 rings (SSSR count). The van der Waals surface area contributed by atoms with Crippen molar-refractivity contribution in [3.05, 3.63) is 28.8 Å². The van der Waals surface area contributed by atoms with Gasteiger partial charge in [0, 0.05) is 12.2 Å². The highest BCUT2D eigenvalue weighted by Gasteiger charge is 2.26. The maximum atomic E-state index is 12.0. The van der Waals surface area contributed by atoms with Gasteiger partial charge in [-0.3, -0.25) is 4.79 Å². The van der Waals surface area contributed by atoms with E-state index in [-0.39, 0.29) is 11.9 Å². The Morgan fingerprint density at radius 2 is 2.33 bits per heavy atom. The van der Waals surface area contributed by atoms with Crippen molar-refractivity contribution in [2.45, 2.75) is 18.9 Å². The maximum absolute atomic E-state index is 12.0. The zero-order chi connectivity index (χ0) is 10.8. The predicted octanol–water partition coefficient (Wildman–Crippen LogP) is 2.28. The number of nitrogen functional groups attached to an aromatic ring is 1. The average Bonchev–Trinajstić information content (AvgIpc) is 2.74. The van der Waals surface area contributed by atoms with Crippen LogP contribution in [0.25, 0.3) is 0 Å². The van der Waals surface area contributed by atoms with Crippen LogP contribution >= 0.6 is 11.6 Å². The molecule has 0 saturated carbocycles. The topological polar surface area (TPSA) is 52.3 Å². The summed E-state index contributed by atoms with van der Waals surface area (Å²) in [4.78, 5) is 12.0. The minimum atomic E-state index is -0.342. The zero-order valence-electron chi connectivity index (χ0n) is 8.20. The van der Waals surface area contributed by atoms with Crippen molar-refractivity contribution in [3.63, 3.8) is 0 Å². The number of hydrogen-bond donors (Lipinski definition) is 1. The monoisotopic (exact) mass is 225 g/mol. The van der Waals surface area contributed by atoms with E-state index in [0.29, 0.717) is 22.9 Å². The molecule has 1 aliphatic rings. The summed E-state index contributed by atoms with van der Waals surface area (Å²) >= 11 is 5.85. The normalized spacial score (nSPS) is 20.5. The van der Waals surface area contributed by atoms with Gasteiger partial charge < -0.3 is 10.5 Å². The highest BCUT2D eigenvalue weighted by atomic mass is 35.5. The largest absolute Gasteiger partial charge is 0.397 e. The summed E-state index contributed by atoms with van der Waals surface area (Å²) < 4.78 is 5.32. The first-order valence-electron chi connectivity index (χ1n) is 4.90. The Balaban J connectivity index is 2.28. The van der Waals surface area contributed by atoms with Gasteiger partial charge in [0.15, 0.2) is 5.78 Å². The molecule has 0 bridgehead atoms. The second-order valence-corrected chi connectivity index (χ2v) is 3.97. The third kappa shape index (κ3) is 1.98. The van der Waals surface area contributed by atoms with Crippen LogP contribution in [0, 0.1) is 0 Å². The lowest BCUT2D eigenvalue weighted by Crippen LogP contribution is -2.20. The number of rotatable bonds is 2. The molecular formula is C11H12ClNO2. The molecule has 80 valence electrons. The van der Waals surface area contributed by atoms with Crippen LogP contribution < -0.4 is 5.73 Å². The van der Waals surface area contributed by atoms with Gasteiger partial charge in [-0.05, 0) is 25.0 Å². The lowest BCUT2D eigenvalue weighted by molar-refractivity contribution is 0.0644. The molecule has 1 unspecified atom stereocenters. The standard InChI is InChI=1S/C11H12ClNO2/c12-8-4-1-3-7(10(8)13)11(14)9-5-2-6-15-9/h1,3-4,9H,2,5-6,13H2. The second kappa shape index (κ2) is 4.21. The van der Waals surface area contributed by atoms with Crippen molar-refractivity contribution in [1.82, 2.24) is 0 Å². The third-order valence-corrected chi connectivity index (χ3v) is 2.87. The second-order valence-electron chi connectivity index (χ2n) is 3.57. The molecular weight excluding hydrogens is 214 g/mol. The summed E-state index contributed by atoms with van der Waals surface area (Å²) in [5.74, 6) is -0.0625. The Labute approximate surface area is 93.2 Å².